The van der Waals surface area contributed by atoms with E-state index in [2.05, 4.69) is 30.5 Å². The molecule has 3 nitrogen and oxygen atoms in total. The lowest BCUT2D eigenvalue weighted by Crippen LogP contribution is -2.39. The molecule has 4 heteroatoms. The normalized spacial score (nSPS) is 27.2. The van der Waals surface area contributed by atoms with Crippen LogP contribution in [-0.2, 0) is 13.1 Å². The van der Waals surface area contributed by atoms with Gasteiger partial charge < -0.3 is 10.2 Å². The number of rotatable bonds is 3. The van der Waals surface area contributed by atoms with Crippen LogP contribution in [0.1, 0.15) is 25.4 Å². The van der Waals surface area contributed by atoms with Gasteiger partial charge in [-0.25, -0.2) is 0 Å². The smallest absolute Gasteiger partial charge is 0.118 e. The standard InChI is InChI=1S/C12H20N2OS/c1-9-6-14(7-10(2)16-9)8-12-4-3-11(5-13)15-12/h3-4,9-10H,5-8,13H2,1-2H3. The number of thioether (sulfide) groups is 1. The van der Waals surface area contributed by atoms with Crippen molar-refractivity contribution in [3.63, 3.8) is 0 Å². The van der Waals surface area contributed by atoms with E-state index in [4.69, 9.17) is 10.2 Å². The van der Waals surface area contributed by atoms with Gasteiger partial charge in [0.05, 0.1) is 13.1 Å². The Morgan fingerprint density at radius 3 is 2.50 bits per heavy atom. The van der Waals surface area contributed by atoms with Gasteiger partial charge in [0.2, 0.25) is 0 Å². The quantitative estimate of drug-likeness (QED) is 0.878. The maximum absolute atomic E-state index is 5.63. The summed E-state index contributed by atoms with van der Waals surface area (Å²) in [5, 5.41) is 1.43. The molecular formula is C12H20N2OS. The molecule has 2 N–H and O–H groups in total. The Labute approximate surface area is 101 Å². The van der Waals surface area contributed by atoms with E-state index in [9.17, 15) is 0 Å². The summed E-state index contributed by atoms with van der Waals surface area (Å²) < 4.78 is 5.63. The second-order valence-corrected chi connectivity index (χ2v) is 6.41. The second kappa shape index (κ2) is 5.25. The summed E-state index contributed by atoms with van der Waals surface area (Å²) in [5.74, 6) is 1.91. The minimum Gasteiger partial charge on any atom is -0.463 e. The van der Waals surface area contributed by atoms with Crippen molar-refractivity contribution in [3.8, 4) is 0 Å². The largest absolute Gasteiger partial charge is 0.463 e. The zero-order chi connectivity index (χ0) is 11.5. The van der Waals surface area contributed by atoms with Crippen LogP contribution in [0, 0.1) is 0 Å². The number of hydrogen-bond acceptors (Lipinski definition) is 4. The lowest BCUT2D eigenvalue weighted by Gasteiger charge is -2.33. The average Bonchev–Trinajstić information content (AvgIpc) is 2.64. The Hall–Kier alpha value is -0.450. The Morgan fingerprint density at radius 1 is 1.31 bits per heavy atom. The van der Waals surface area contributed by atoms with Crippen LogP contribution in [0.25, 0.3) is 0 Å². The summed E-state index contributed by atoms with van der Waals surface area (Å²) in [7, 11) is 0. The van der Waals surface area contributed by atoms with Crippen LogP contribution in [0.2, 0.25) is 0 Å². The van der Waals surface area contributed by atoms with Gasteiger partial charge in [0.15, 0.2) is 0 Å². The molecule has 2 unspecified atom stereocenters. The van der Waals surface area contributed by atoms with Crippen LogP contribution in [0.3, 0.4) is 0 Å². The molecular weight excluding hydrogens is 220 g/mol. The topological polar surface area (TPSA) is 42.4 Å². The summed E-state index contributed by atoms with van der Waals surface area (Å²) in [5.41, 5.74) is 5.53. The maximum Gasteiger partial charge on any atom is 0.118 e. The Kier molecular flexibility index (Phi) is 3.95. The fourth-order valence-electron chi connectivity index (χ4n) is 2.25. The van der Waals surface area contributed by atoms with Crippen molar-refractivity contribution in [2.24, 2.45) is 5.73 Å². The van der Waals surface area contributed by atoms with Crippen molar-refractivity contribution >= 4 is 11.8 Å². The Morgan fingerprint density at radius 2 is 1.94 bits per heavy atom. The molecule has 0 radical (unpaired) electrons. The van der Waals surface area contributed by atoms with E-state index in [0.717, 1.165) is 31.2 Å². The van der Waals surface area contributed by atoms with Crippen molar-refractivity contribution in [2.45, 2.75) is 37.4 Å². The van der Waals surface area contributed by atoms with Crippen LogP contribution in [-0.4, -0.2) is 28.5 Å². The van der Waals surface area contributed by atoms with Crippen molar-refractivity contribution in [2.75, 3.05) is 13.1 Å². The molecule has 1 saturated heterocycles. The fraction of sp³-hybridized carbons (Fsp3) is 0.667. The number of nitrogens with zero attached hydrogens (tertiary/aromatic N) is 1. The molecule has 0 bridgehead atoms. The minimum atomic E-state index is 0.489. The van der Waals surface area contributed by atoms with E-state index in [1.54, 1.807) is 0 Å². The van der Waals surface area contributed by atoms with Crippen LogP contribution >= 0.6 is 11.8 Å². The highest BCUT2D eigenvalue weighted by atomic mass is 32.2. The Balaban J connectivity index is 1.93. The summed E-state index contributed by atoms with van der Waals surface area (Å²) in [6, 6.07) is 4.01. The molecule has 0 amide bonds. The Bertz CT molecular complexity index is 330. The maximum atomic E-state index is 5.63. The first kappa shape index (κ1) is 12.0. The molecule has 0 aliphatic carbocycles. The average molecular weight is 240 g/mol. The third-order valence-electron chi connectivity index (χ3n) is 2.79. The predicted octanol–water partition coefficient (Wildman–Crippen LogP) is 2.06. The molecule has 1 aliphatic rings. The van der Waals surface area contributed by atoms with Gasteiger partial charge in [-0.3, -0.25) is 4.90 Å². The van der Waals surface area contributed by atoms with Gasteiger partial charge in [0.25, 0.3) is 0 Å². The lowest BCUT2D eigenvalue weighted by atomic mass is 10.3. The van der Waals surface area contributed by atoms with E-state index in [1.165, 1.54) is 0 Å². The van der Waals surface area contributed by atoms with Crippen LogP contribution in [0.4, 0.5) is 0 Å². The highest BCUT2D eigenvalue weighted by Gasteiger charge is 2.22. The van der Waals surface area contributed by atoms with Crippen molar-refractivity contribution in [1.29, 1.82) is 0 Å². The minimum absolute atomic E-state index is 0.489. The second-order valence-electron chi connectivity index (χ2n) is 4.52. The van der Waals surface area contributed by atoms with E-state index in [-0.39, 0.29) is 0 Å². The number of hydrogen-bond donors (Lipinski definition) is 1. The fourth-order valence-corrected chi connectivity index (χ4v) is 3.64. The van der Waals surface area contributed by atoms with Crippen LogP contribution < -0.4 is 5.73 Å². The van der Waals surface area contributed by atoms with Gasteiger partial charge >= 0.3 is 0 Å². The monoisotopic (exact) mass is 240 g/mol. The molecule has 0 aromatic carbocycles. The van der Waals surface area contributed by atoms with E-state index in [1.807, 2.05) is 12.1 Å². The third kappa shape index (κ3) is 3.03. The summed E-state index contributed by atoms with van der Waals surface area (Å²) in [6.45, 7) is 8.28. The highest BCUT2D eigenvalue weighted by Crippen LogP contribution is 2.25. The lowest BCUT2D eigenvalue weighted by molar-refractivity contribution is 0.239. The molecule has 1 aliphatic heterocycles. The predicted molar refractivity (Wildman–Crippen MR) is 68.4 cm³/mol. The molecule has 2 rings (SSSR count). The molecule has 2 heterocycles. The van der Waals surface area contributed by atoms with Gasteiger partial charge in [-0.05, 0) is 12.1 Å². The van der Waals surface area contributed by atoms with Crippen molar-refractivity contribution in [3.05, 3.63) is 23.7 Å². The van der Waals surface area contributed by atoms with Crippen molar-refractivity contribution in [1.82, 2.24) is 4.90 Å². The highest BCUT2D eigenvalue weighted by molar-refractivity contribution is 8.00. The molecule has 1 aromatic rings. The summed E-state index contributed by atoms with van der Waals surface area (Å²) in [6.07, 6.45) is 0. The van der Waals surface area contributed by atoms with Gasteiger partial charge in [-0.1, -0.05) is 13.8 Å². The van der Waals surface area contributed by atoms with Crippen LogP contribution in [0.5, 0.6) is 0 Å². The third-order valence-corrected chi connectivity index (χ3v) is 4.02. The molecule has 0 spiro atoms. The first-order chi connectivity index (χ1) is 7.67. The first-order valence-corrected chi connectivity index (χ1v) is 6.77. The molecule has 90 valence electrons. The number of furan rings is 1. The zero-order valence-corrected chi connectivity index (χ0v) is 10.8. The summed E-state index contributed by atoms with van der Waals surface area (Å²) in [4.78, 5) is 2.46. The van der Waals surface area contributed by atoms with Crippen LogP contribution in [0.15, 0.2) is 16.5 Å². The molecule has 0 saturated carbocycles. The first-order valence-electron chi connectivity index (χ1n) is 5.83. The van der Waals surface area contributed by atoms with E-state index in [0.29, 0.717) is 17.0 Å². The van der Waals surface area contributed by atoms with Gasteiger partial charge in [0.1, 0.15) is 11.5 Å². The molecule has 2 atom stereocenters. The molecule has 16 heavy (non-hydrogen) atoms. The van der Waals surface area contributed by atoms with Gasteiger partial charge in [-0.15, -0.1) is 0 Å². The zero-order valence-electron chi connectivity index (χ0n) is 9.98. The SMILES string of the molecule is CC1CN(Cc2ccc(CN)o2)CC(C)S1. The van der Waals surface area contributed by atoms with Gasteiger partial charge in [0, 0.05) is 23.6 Å². The van der Waals surface area contributed by atoms with Gasteiger partial charge in [-0.2, -0.15) is 11.8 Å². The number of nitrogens with two attached hydrogens (primary N) is 1. The molecule has 1 fully saturated rings. The van der Waals surface area contributed by atoms with E-state index >= 15 is 0 Å². The molecule has 1 aromatic heterocycles. The summed E-state index contributed by atoms with van der Waals surface area (Å²) >= 11 is 2.07. The van der Waals surface area contributed by atoms with Crippen molar-refractivity contribution < 1.29 is 4.42 Å². The van der Waals surface area contributed by atoms with E-state index < -0.39 is 0 Å².